The number of hydrogen-bond acceptors (Lipinski definition) is 0. The molecule has 0 saturated carbocycles. The SMILES string of the molecule is CC1=C(C(C)(C)C)[CH]([Zr]([CH3])(=[SiH2])([CH2]CC(F)(F)F)[CH]2C(C(C)(C)C)=C(C)c3c(-c4ccc(C(C)(C)C)cc4)cccc32)c2cccc(-c3ccc(C(C)(C)C)cc3)c21.Cl.Cl. The molecule has 0 saturated heterocycles. The molecule has 0 nitrogen and oxygen atoms in total. The van der Waals surface area contributed by atoms with Crippen LogP contribution in [0.3, 0.4) is 0 Å². The van der Waals surface area contributed by atoms with E-state index < -0.39 is 30.0 Å². The Morgan fingerprint density at radius 1 is 0.508 bits per heavy atom. The van der Waals surface area contributed by atoms with Gasteiger partial charge in [0.25, 0.3) is 0 Å². The average Bonchev–Trinajstić information content (AvgIpc) is 3.60. The molecule has 2 atom stereocenters. The van der Waals surface area contributed by atoms with Crippen LogP contribution in [0.4, 0.5) is 13.2 Å². The molecule has 0 N–H and O–H groups in total. The molecule has 0 radical (unpaired) electrons. The first-order chi connectivity index (χ1) is 26.0. The van der Waals surface area contributed by atoms with Gasteiger partial charge >= 0.3 is 348 Å². The molecule has 2 aliphatic carbocycles. The van der Waals surface area contributed by atoms with E-state index in [0.717, 1.165) is 11.1 Å². The number of rotatable bonds is 6. The van der Waals surface area contributed by atoms with Crippen LogP contribution < -0.4 is 0 Å². The Kier molecular flexibility index (Phi) is 13.6. The first kappa shape index (κ1) is 49.5. The first-order valence-corrected chi connectivity index (χ1v) is 33.9. The second-order valence-electron chi connectivity index (χ2n) is 22.3. The van der Waals surface area contributed by atoms with Crippen LogP contribution in [-0.4, -0.2) is 13.1 Å². The third-order valence-electron chi connectivity index (χ3n) is 13.5. The van der Waals surface area contributed by atoms with Crippen LogP contribution in [0.1, 0.15) is 144 Å². The zero-order chi connectivity index (χ0) is 42.5. The van der Waals surface area contributed by atoms with Crippen molar-refractivity contribution in [3.05, 3.63) is 129 Å². The van der Waals surface area contributed by atoms with Gasteiger partial charge in [0.15, 0.2) is 0 Å². The Morgan fingerprint density at radius 2 is 0.831 bits per heavy atom. The van der Waals surface area contributed by atoms with E-state index in [1.165, 1.54) is 66.8 Å². The van der Waals surface area contributed by atoms with Crippen molar-refractivity contribution in [1.29, 1.82) is 0 Å². The molecule has 0 fully saturated rings. The summed E-state index contributed by atoms with van der Waals surface area (Å²) < 4.78 is 47.4. The predicted molar refractivity (Wildman–Crippen MR) is 255 cm³/mol. The summed E-state index contributed by atoms with van der Waals surface area (Å²) in [5, 5.41) is 0. The summed E-state index contributed by atoms with van der Waals surface area (Å²) in [4.78, 5) is 0. The second-order valence-corrected chi connectivity index (χ2v) is 50.7. The van der Waals surface area contributed by atoms with Crippen LogP contribution in [0.5, 0.6) is 0 Å². The van der Waals surface area contributed by atoms with Crippen molar-refractivity contribution >= 4 is 42.8 Å². The van der Waals surface area contributed by atoms with Crippen molar-refractivity contribution in [3.63, 3.8) is 0 Å². The number of halogens is 5. The molecule has 4 aromatic rings. The fraction of sp³-hybridized carbons (Fsp3) is 0.462. The smallest absolute Gasteiger partial charge is 0.147 e. The van der Waals surface area contributed by atoms with Gasteiger partial charge in [-0.25, -0.2) is 0 Å². The van der Waals surface area contributed by atoms with Crippen LogP contribution in [0.15, 0.2) is 96.1 Å². The maximum absolute atomic E-state index is 15.0. The predicted octanol–water partition coefficient (Wildman–Crippen LogP) is 16.6. The zero-order valence-electron chi connectivity index (χ0n) is 38.3. The fourth-order valence-electron chi connectivity index (χ4n) is 11.0. The van der Waals surface area contributed by atoms with Gasteiger partial charge in [0, 0.05) is 0 Å². The molecule has 0 amide bonds. The van der Waals surface area contributed by atoms with E-state index in [1.54, 1.807) is 0 Å². The third-order valence-corrected chi connectivity index (χ3v) is 36.0. The molecular formula is C52H69Cl2F3SiZr. The minimum atomic E-state index is -4.96. The second kappa shape index (κ2) is 16.2. The fourth-order valence-corrected chi connectivity index (χ4v) is 34.9. The standard InChI is InChI=1S/2C24H29.C3H4F3.CH3.2ClH.H2Si.Zr/c2*1-16-21(24(5,6)7)15-18-9-8-10-20(22(16)18)17-11-13-19(14-12-17)23(2,3)4;1-2-3(4,5)6;;;;;/h2*8-15H,1-7H3;1-2H2;1H3;2*1H;1H2;. The van der Waals surface area contributed by atoms with Crippen molar-refractivity contribution in [2.45, 2.75) is 136 Å². The summed E-state index contributed by atoms with van der Waals surface area (Å²) in [5.41, 5.74) is 16.9. The molecule has 0 spiro atoms. The molecule has 2 unspecified atom stereocenters. The molecule has 7 heteroatoms. The molecule has 0 bridgehead atoms. The van der Waals surface area contributed by atoms with Crippen LogP contribution in [0, 0.1) is 10.8 Å². The van der Waals surface area contributed by atoms with Crippen LogP contribution >= 0.6 is 24.8 Å². The van der Waals surface area contributed by atoms with Crippen LogP contribution in [0.25, 0.3) is 33.4 Å². The van der Waals surface area contributed by atoms with Crippen molar-refractivity contribution in [1.82, 2.24) is 0 Å². The van der Waals surface area contributed by atoms with E-state index in [2.05, 4.69) is 193 Å². The number of benzene rings is 4. The molecular weight excluding hydrogens is 872 g/mol. The Balaban J connectivity index is 0.00000384. The van der Waals surface area contributed by atoms with E-state index in [-0.39, 0.29) is 57.9 Å². The molecule has 0 heterocycles. The van der Waals surface area contributed by atoms with E-state index in [1.807, 2.05) is 0 Å². The Bertz CT molecular complexity index is 2200. The van der Waals surface area contributed by atoms with Gasteiger partial charge in [-0.3, -0.25) is 0 Å². The first-order valence-electron chi connectivity index (χ1n) is 21.0. The van der Waals surface area contributed by atoms with E-state index >= 15 is 0 Å². The maximum Gasteiger partial charge on any atom is -0.147 e. The topological polar surface area (TPSA) is 0 Å². The molecule has 320 valence electrons. The Labute approximate surface area is 369 Å². The third kappa shape index (κ3) is 9.03. The van der Waals surface area contributed by atoms with Crippen LogP contribution in [0.2, 0.25) is 8.76 Å². The number of allylic oxidation sites excluding steroid dienone is 4. The van der Waals surface area contributed by atoms with Gasteiger partial charge in [0.05, 0.1) is 0 Å². The summed E-state index contributed by atoms with van der Waals surface area (Å²) in [5.74, 6) is 0. The quantitative estimate of drug-likeness (QED) is 0.169. The van der Waals surface area contributed by atoms with Gasteiger partial charge in [-0.2, -0.15) is 0 Å². The number of alkyl halides is 3. The van der Waals surface area contributed by atoms with E-state index in [9.17, 15) is 13.2 Å². The van der Waals surface area contributed by atoms with Crippen molar-refractivity contribution < 1.29 is 30.6 Å². The van der Waals surface area contributed by atoms with Gasteiger partial charge in [0.1, 0.15) is 0 Å². The summed E-state index contributed by atoms with van der Waals surface area (Å²) >= 11 is -4.96. The molecule has 0 aromatic heterocycles. The molecule has 0 aliphatic heterocycles. The van der Waals surface area contributed by atoms with E-state index in [0.29, 0.717) is 0 Å². The monoisotopic (exact) mass is 938 g/mol. The molecule has 2 aliphatic rings. The van der Waals surface area contributed by atoms with E-state index in [4.69, 9.17) is 0 Å². The van der Waals surface area contributed by atoms with Crippen molar-refractivity contribution in [3.8, 4) is 22.3 Å². The Morgan fingerprint density at radius 3 is 1.10 bits per heavy atom. The molecule has 59 heavy (non-hydrogen) atoms. The minimum Gasteiger partial charge on any atom is -0.147 e. The number of fused-ring (bicyclic) bond motifs is 2. The van der Waals surface area contributed by atoms with Gasteiger partial charge in [-0.05, 0) is 0 Å². The van der Waals surface area contributed by atoms with Crippen LogP contribution in [-0.2, 0) is 28.2 Å². The summed E-state index contributed by atoms with van der Waals surface area (Å²) in [7, 11) is 0. The normalized spacial score (nSPS) is 17.7. The maximum atomic E-state index is 15.0. The summed E-state index contributed by atoms with van der Waals surface area (Å²) in [6, 6.07) is 31.3. The van der Waals surface area contributed by atoms with Crippen molar-refractivity contribution in [2.75, 3.05) is 0 Å². The number of hydrogen-bond donors (Lipinski definition) is 0. The minimum absolute atomic E-state index is 0. The van der Waals surface area contributed by atoms with Crippen molar-refractivity contribution in [2.24, 2.45) is 10.8 Å². The molecule has 6 rings (SSSR count). The zero-order valence-corrected chi connectivity index (χ0v) is 43.8. The largest absolute Gasteiger partial charge is 0.147 e. The average molecular weight is 941 g/mol. The van der Waals surface area contributed by atoms with Gasteiger partial charge in [0.2, 0.25) is 0 Å². The Hall–Kier alpha value is -2.17. The van der Waals surface area contributed by atoms with Gasteiger partial charge in [-0.15, -0.1) is 24.8 Å². The molecule has 4 aromatic carbocycles. The summed E-state index contributed by atoms with van der Waals surface area (Å²) in [6.45, 7) is 33.8. The van der Waals surface area contributed by atoms with Gasteiger partial charge < -0.3 is 0 Å². The van der Waals surface area contributed by atoms with Gasteiger partial charge in [-0.1, -0.05) is 0 Å². The summed E-state index contributed by atoms with van der Waals surface area (Å²) in [6.07, 6.45) is -5.02.